The number of morpholine rings is 1. The molecule has 31 heavy (non-hydrogen) atoms. The zero-order valence-electron chi connectivity index (χ0n) is 18.2. The van der Waals surface area contributed by atoms with Crippen LogP contribution in [0, 0.1) is 0 Å². The molecule has 3 rings (SSSR count). The maximum atomic E-state index is 12.4. The van der Waals surface area contributed by atoms with E-state index in [4.69, 9.17) is 16.3 Å². The molecule has 1 aliphatic heterocycles. The van der Waals surface area contributed by atoms with Gasteiger partial charge in [-0.05, 0) is 37.0 Å². The molecular weight excluding hydrogens is 416 g/mol. The molecule has 0 radical (unpaired) electrons. The van der Waals surface area contributed by atoms with Crippen molar-refractivity contribution in [2.24, 2.45) is 0 Å². The molecule has 0 aromatic heterocycles. The lowest BCUT2D eigenvalue weighted by Crippen LogP contribution is -2.44. The molecule has 0 spiro atoms. The minimum Gasteiger partial charge on any atom is -0.379 e. The van der Waals surface area contributed by atoms with Gasteiger partial charge in [0.1, 0.15) is 0 Å². The number of carbonyl (C=O) groups excluding carboxylic acids is 2. The van der Waals surface area contributed by atoms with Gasteiger partial charge < -0.3 is 20.7 Å². The Hall–Kier alpha value is -1.83. The van der Waals surface area contributed by atoms with Gasteiger partial charge in [0.15, 0.2) is 0 Å². The zero-order valence-corrected chi connectivity index (χ0v) is 19.0. The largest absolute Gasteiger partial charge is 0.379 e. The lowest BCUT2D eigenvalue weighted by molar-refractivity contribution is -0.121. The van der Waals surface area contributed by atoms with Crippen LogP contribution in [0.5, 0.6) is 0 Å². The van der Waals surface area contributed by atoms with Gasteiger partial charge in [0, 0.05) is 43.7 Å². The number of ether oxygens (including phenoxy) is 1. The Labute approximate surface area is 190 Å². The minimum absolute atomic E-state index is 0.00158. The Morgan fingerprint density at radius 1 is 1.06 bits per heavy atom. The number of amides is 3. The molecule has 2 aliphatic rings. The van der Waals surface area contributed by atoms with Crippen molar-refractivity contribution >= 4 is 23.5 Å². The topological polar surface area (TPSA) is 82.7 Å². The fraction of sp³-hybridized carbons (Fsp3) is 0.652. The molecule has 1 unspecified atom stereocenters. The second kappa shape index (κ2) is 12.9. The highest BCUT2D eigenvalue weighted by Gasteiger charge is 2.23. The molecule has 1 aliphatic carbocycles. The quantitative estimate of drug-likeness (QED) is 0.504. The fourth-order valence-corrected chi connectivity index (χ4v) is 4.39. The highest BCUT2D eigenvalue weighted by atomic mass is 35.5. The summed E-state index contributed by atoms with van der Waals surface area (Å²) in [5, 5.41) is 9.66. The highest BCUT2D eigenvalue weighted by Crippen LogP contribution is 2.23. The highest BCUT2D eigenvalue weighted by molar-refractivity contribution is 6.30. The molecule has 0 bridgehead atoms. The third-order valence-corrected chi connectivity index (χ3v) is 6.29. The average molecular weight is 451 g/mol. The molecule has 1 heterocycles. The lowest BCUT2D eigenvalue weighted by atomic mass is 9.96. The molecule has 2 fully saturated rings. The number of hydrogen-bond acceptors (Lipinski definition) is 4. The molecule has 1 saturated heterocycles. The van der Waals surface area contributed by atoms with Crippen molar-refractivity contribution in [1.29, 1.82) is 0 Å². The van der Waals surface area contributed by atoms with Gasteiger partial charge in [0.05, 0.1) is 19.3 Å². The van der Waals surface area contributed by atoms with Crippen molar-refractivity contribution in [2.75, 3.05) is 39.4 Å². The van der Waals surface area contributed by atoms with Crippen molar-refractivity contribution < 1.29 is 14.3 Å². The number of rotatable bonds is 9. The summed E-state index contributed by atoms with van der Waals surface area (Å²) in [5.74, 6) is 0.00158. The van der Waals surface area contributed by atoms with Crippen LogP contribution in [0.25, 0.3) is 0 Å². The van der Waals surface area contributed by atoms with Crippen molar-refractivity contribution in [1.82, 2.24) is 20.9 Å². The molecule has 3 amide bonds. The van der Waals surface area contributed by atoms with E-state index in [1.54, 1.807) is 0 Å². The molecule has 1 aromatic rings. The summed E-state index contributed by atoms with van der Waals surface area (Å²) in [6.07, 6.45) is 6.77. The Bertz CT molecular complexity index is 689. The summed E-state index contributed by atoms with van der Waals surface area (Å²) in [6.45, 7) is 4.11. The summed E-state index contributed by atoms with van der Waals surface area (Å²) in [5.41, 5.74) is 1.13. The van der Waals surface area contributed by atoms with Gasteiger partial charge in [-0.2, -0.15) is 0 Å². The standard InChI is InChI=1S/C23H35ClN4O3/c24-19-10-8-18(9-11-19)21(28-13-15-31-16-14-28)17-26-22(29)7-4-12-25-23(30)27-20-5-2-1-3-6-20/h8-11,20-21H,1-7,12-17H2,(H,26,29)(H2,25,27,30). The number of benzene rings is 1. The molecule has 8 heteroatoms. The summed E-state index contributed by atoms with van der Waals surface area (Å²) in [6, 6.07) is 8.06. The van der Waals surface area contributed by atoms with E-state index >= 15 is 0 Å². The minimum atomic E-state index is -0.123. The second-order valence-electron chi connectivity index (χ2n) is 8.36. The smallest absolute Gasteiger partial charge is 0.315 e. The van der Waals surface area contributed by atoms with Gasteiger partial charge in [0.2, 0.25) is 5.91 Å². The van der Waals surface area contributed by atoms with Crippen molar-refractivity contribution in [3.63, 3.8) is 0 Å². The van der Waals surface area contributed by atoms with Crippen LogP contribution in [-0.4, -0.2) is 62.3 Å². The predicted molar refractivity (Wildman–Crippen MR) is 122 cm³/mol. The molecule has 172 valence electrons. The molecule has 1 aromatic carbocycles. The summed E-state index contributed by atoms with van der Waals surface area (Å²) < 4.78 is 5.47. The Balaban J connectivity index is 1.37. The molecule has 1 saturated carbocycles. The van der Waals surface area contributed by atoms with E-state index in [2.05, 4.69) is 20.9 Å². The first-order valence-corrected chi connectivity index (χ1v) is 11.9. The number of nitrogens with zero attached hydrogens (tertiary/aromatic N) is 1. The van der Waals surface area contributed by atoms with Crippen molar-refractivity contribution in [3.05, 3.63) is 34.9 Å². The van der Waals surface area contributed by atoms with E-state index in [0.29, 0.717) is 50.2 Å². The molecule has 7 nitrogen and oxygen atoms in total. The SMILES string of the molecule is O=C(CCCNC(=O)NC1CCCCC1)NCC(c1ccc(Cl)cc1)N1CCOCC1. The van der Waals surface area contributed by atoms with Gasteiger partial charge in [-0.3, -0.25) is 9.69 Å². The van der Waals surface area contributed by atoms with E-state index in [1.165, 1.54) is 19.3 Å². The van der Waals surface area contributed by atoms with Crippen molar-refractivity contribution in [3.8, 4) is 0 Å². The van der Waals surface area contributed by atoms with Gasteiger partial charge in [-0.15, -0.1) is 0 Å². The first kappa shape index (κ1) is 23.8. The predicted octanol–water partition coefficient (Wildman–Crippen LogP) is 3.24. The lowest BCUT2D eigenvalue weighted by Gasteiger charge is -2.35. The van der Waals surface area contributed by atoms with Crippen LogP contribution < -0.4 is 16.0 Å². The monoisotopic (exact) mass is 450 g/mol. The number of halogens is 1. The third-order valence-electron chi connectivity index (χ3n) is 6.04. The molecule has 1 atom stereocenters. The normalized spacial score (nSPS) is 18.9. The van der Waals surface area contributed by atoms with Gasteiger partial charge >= 0.3 is 6.03 Å². The van der Waals surface area contributed by atoms with Crippen LogP contribution in [0.4, 0.5) is 4.79 Å². The van der Waals surface area contributed by atoms with Crippen LogP contribution in [0.15, 0.2) is 24.3 Å². The first-order valence-electron chi connectivity index (χ1n) is 11.5. The average Bonchev–Trinajstić information content (AvgIpc) is 2.79. The maximum Gasteiger partial charge on any atom is 0.315 e. The van der Waals surface area contributed by atoms with E-state index in [1.807, 2.05) is 24.3 Å². The number of nitrogens with one attached hydrogen (secondary N) is 3. The summed E-state index contributed by atoms with van der Waals surface area (Å²) in [7, 11) is 0. The van der Waals surface area contributed by atoms with Gasteiger partial charge in [-0.25, -0.2) is 4.79 Å². The number of carbonyl (C=O) groups is 2. The van der Waals surface area contributed by atoms with Gasteiger partial charge in [-0.1, -0.05) is 43.0 Å². The van der Waals surface area contributed by atoms with Crippen LogP contribution in [0.1, 0.15) is 56.6 Å². The maximum absolute atomic E-state index is 12.4. The van der Waals surface area contributed by atoms with E-state index in [0.717, 1.165) is 31.5 Å². The zero-order chi connectivity index (χ0) is 21.9. The molecule has 3 N–H and O–H groups in total. The molecular formula is C23H35ClN4O3. The van der Waals surface area contributed by atoms with E-state index < -0.39 is 0 Å². The fourth-order valence-electron chi connectivity index (χ4n) is 4.26. The van der Waals surface area contributed by atoms with Gasteiger partial charge in [0.25, 0.3) is 0 Å². The van der Waals surface area contributed by atoms with Crippen LogP contribution in [-0.2, 0) is 9.53 Å². The van der Waals surface area contributed by atoms with Crippen LogP contribution >= 0.6 is 11.6 Å². The summed E-state index contributed by atoms with van der Waals surface area (Å²) >= 11 is 6.04. The number of hydrogen-bond donors (Lipinski definition) is 3. The Morgan fingerprint density at radius 3 is 2.48 bits per heavy atom. The number of urea groups is 1. The second-order valence-corrected chi connectivity index (χ2v) is 8.79. The van der Waals surface area contributed by atoms with Crippen LogP contribution in [0.2, 0.25) is 5.02 Å². The summed E-state index contributed by atoms with van der Waals surface area (Å²) in [4.78, 5) is 26.7. The third kappa shape index (κ3) is 8.31. The van der Waals surface area contributed by atoms with Crippen molar-refractivity contribution in [2.45, 2.75) is 57.0 Å². The Kier molecular flexibility index (Phi) is 9.90. The van der Waals surface area contributed by atoms with E-state index in [-0.39, 0.29) is 18.0 Å². The van der Waals surface area contributed by atoms with Crippen LogP contribution in [0.3, 0.4) is 0 Å². The van der Waals surface area contributed by atoms with E-state index in [9.17, 15) is 9.59 Å². The first-order chi connectivity index (χ1) is 15.1. The Morgan fingerprint density at radius 2 is 1.77 bits per heavy atom.